The van der Waals surface area contributed by atoms with Crippen LogP contribution in [0.2, 0.25) is 0 Å². The summed E-state index contributed by atoms with van der Waals surface area (Å²) in [4.78, 5) is 10.9. The van der Waals surface area contributed by atoms with Crippen molar-refractivity contribution in [2.24, 2.45) is 0 Å². The van der Waals surface area contributed by atoms with Crippen molar-refractivity contribution in [1.82, 2.24) is 10.2 Å². The molecule has 5 nitrogen and oxygen atoms in total. The molecule has 0 unspecified atom stereocenters. The third kappa shape index (κ3) is 2.01. The summed E-state index contributed by atoms with van der Waals surface area (Å²) in [6.07, 6.45) is 4.63. The lowest BCUT2D eigenvalue weighted by Gasteiger charge is -2.01. The summed E-state index contributed by atoms with van der Waals surface area (Å²) in [6, 6.07) is 3.54. The number of aromatic nitrogens is 2. The molecular weight excluding hydrogens is 196 g/mol. The number of carbonyl (C=O) groups is 1. The van der Waals surface area contributed by atoms with E-state index in [0.717, 1.165) is 0 Å². The van der Waals surface area contributed by atoms with Gasteiger partial charge in [0.25, 0.3) is 0 Å². The van der Waals surface area contributed by atoms with E-state index in [1.807, 2.05) is 0 Å². The number of aromatic carboxylic acids is 1. The summed E-state index contributed by atoms with van der Waals surface area (Å²) in [6.45, 7) is 0. The predicted octanol–water partition coefficient (Wildman–Crippen LogP) is 1.36. The molecule has 0 saturated heterocycles. The summed E-state index contributed by atoms with van der Waals surface area (Å²) in [5, 5.41) is 16.1. The molecule has 0 bridgehead atoms. The van der Waals surface area contributed by atoms with Crippen molar-refractivity contribution in [3.63, 3.8) is 0 Å². The monoisotopic (exact) mass is 204 g/mol. The summed E-state index contributed by atoms with van der Waals surface area (Å²) < 4.78 is 5.13. The molecule has 2 aromatic heterocycles. The Morgan fingerprint density at radius 1 is 1.40 bits per heavy atom. The number of carboxylic acid groups (broad SMARTS) is 1. The van der Waals surface area contributed by atoms with Crippen LogP contribution in [0.4, 0.5) is 0 Å². The highest BCUT2D eigenvalue weighted by Gasteiger charge is 2.11. The number of hydrogen-bond donors (Lipinski definition) is 1. The lowest BCUT2D eigenvalue weighted by Crippen LogP contribution is -2.04. The van der Waals surface area contributed by atoms with E-state index < -0.39 is 5.97 Å². The largest absolute Gasteiger partial charge is 0.478 e. The van der Waals surface area contributed by atoms with E-state index in [-0.39, 0.29) is 5.56 Å². The van der Waals surface area contributed by atoms with Crippen LogP contribution in [0.3, 0.4) is 0 Å². The van der Waals surface area contributed by atoms with Gasteiger partial charge in [-0.25, -0.2) is 4.79 Å². The van der Waals surface area contributed by atoms with Crippen molar-refractivity contribution in [1.29, 1.82) is 0 Å². The van der Waals surface area contributed by atoms with Gasteiger partial charge in [-0.2, -0.15) is 10.2 Å². The second kappa shape index (κ2) is 3.91. The molecule has 0 radical (unpaired) electrons. The first kappa shape index (κ1) is 9.39. The molecule has 0 atom stereocenters. The van der Waals surface area contributed by atoms with Crippen LogP contribution in [0.5, 0.6) is 0 Å². The lowest BCUT2D eigenvalue weighted by atomic mass is 10.1. The molecule has 2 aromatic rings. The van der Waals surface area contributed by atoms with Crippen LogP contribution in [0.25, 0.3) is 0 Å². The van der Waals surface area contributed by atoms with E-state index in [1.54, 1.807) is 18.4 Å². The van der Waals surface area contributed by atoms with Gasteiger partial charge in [-0.05, 0) is 17.7 Å². The molecule has 0 aromatic carbocycles. The Bertz CT molecular complexity index is 465. The second-order valence-electron chi connectivity index (χ2n) is 2.99. The molecule has 0 amide bonds. The average Bonchev–Trinajstić information content (AvgIpc) is 2.71. The first-order valence-electron chi connectivity index (χ1n) is 4.32. The molecule has 0 aliphatic rings. The minimum Gasteiger partial charge on any atom is -0.478 e. The molecule has 0 aliphatic carbocycles. The van der Waals surface area contributed by atoms with Gasteiger partial charge in [0.05, 0.1) is 24.2 Å². The average molecular weight is 204 g/mol. The van der Waals surface area contributed by atoms with Crippen molar-refractivity contribution in [3.05, 3.63) is 47.7 Å². The normalized spacial score (nSPS) is 10.1. The van der Waals surface area contributed by atoms with Gasteiger partial charge in [-0.15, -0.1) is 0 Å². The molecular formula is C10H8N2O3. The van der Waals surface area contributed by atoms with Crippen LogP contribution in [-0.2, 0) is 6.42 Å². The zero-order chi connectivity index (χ0) is 10.7. The van der Waals surface area contributed by atoms with Gasteiger partial charge in [-0.3, -0.25) is 0 Å². The summed E-state index contributed by atoms with van der Waals surface area (Å²) in [5.41, 5.74) is 0.744. The van der Waals surface area contributed by atoms with Crippen molar-refractivity contribution in [2.45, 2.75) is 6.42 Å². The standard InChI is InChI=1S/C10H8N2O3/c13-10(14)9-6-12-11-5-7(9)4-8-2-1-3-15-8/h1-3,5-6H,4H2,(H,13,14). The maximum atomic E-state index is 10.9. The number of nitrogens with zero attached hydrogens (tertiary/aromatic N) is 2. The minimum absolute atomic E-state index is 0.154. The number of hydrogen-bond acceptors (Lipinski definition) is 4. The molecule has 0 fully saturated rings. The molecule has 2 rings (SSSR count). The van der Waals surface area contributed by atoms with Crippen LogP contribution in [-0.4, -0.2) is 21.3 Å². The Hall–Kier alpha value is -2.17. The van der Waals surface area contributed by atoms with E-state index in [2.05, 4.69) is 10.2 Å². The third-order valence-corrected chi connectivity index (χ3v) is 1.99. The molecule has 0 spiro atoms. The maximum Gasteiger partial charge on any atom is 0.337 e. The van der Waals surface area contributed by atoms with Gasteiger partial charge < -0.3 is 9.52 Å². The van der Waals surface area contributed by atoms with Crippen LogP contribution in [0.1, 0.15) is 21.7 Å². The molecule has 5 heteroatoms. The highest BCUT2D eigenvalue weighted by molar-refractivity contribution is 5.88. The molecule has 76 valence electrons. The van der Waals surface area contributed by atoms with Crippen LogP contribution < -0.4 is 0 Å². The third-order valence-electron chi connectivity index (χ3n) is 1.99. The molecule has 0 aliphatic heterocycles. The van der Waals surface area contributed by atoms with E-state index in [4.69, 9.17) is 9.52 Å². The van der Waals surface area contributed by atoms with Crippen LogP contribution in [0, 0.1) is 0 Å². The Morgan fingerprint density at radius 2 is 2.20 bits per heavy atom. The van der Waals surface area contributed by atoms with E-state index in [0.29, 0.717) is 17.7 Å². The van der Waals surface area contributed by atoms with Gasteiger partial charge in [0.15, 0.2) is 0 Å². The number of furan rings is 1. The molecule has 0 saturated carbocycles. The topological polar surface area (TPSA) is 76.2 Å². The van der Waals surface area contributed by atoms with E-state index >= 15 is 0 Å². The SMILES string of the molecule is O=C(O)c1cnncc1Cc1ccco1. The molecule has 1 N–H and O–H groups in total. The Balaban J connectivity index is 2.32. The summed E-state index contributed by atoms with van der Waals surface area (Å²) >= 11 is 0. The highest BCUT2D eigenvalue weighted by atomic mass is 16.4. The quantitative estimate of drug-likeness (QED) is 0.816. The van der Waals surface area contributed by atoms with Gasteiger partial charge in [-0.1, -0.05) is 0 Å². The van der Waals surface area contributed by atoms with Crippen molar-refractivity contribution < 1.29 is 14.3 Å². The summed E-state index contributed by atoms with van der Waals surface area (Å²) in [7, 11) is 0. The number of rotatable bonds is 3. The van der Waals surface area contributed by atoms with Crippen molar-refractivity contribution >= 4 is 5.97 Å². The fraction of sp³-hybridized carbons (Fsp3) is 0.100. The van der Waals surface area contributed by atoms with Crippen LogP contribution >= 0.6 is 0 Å². The predicted molar refractivity (Wildman–Crippen MR) is 50.5 cm³/mol. The lowest BCUT2D eigenvalue weighted by molar-refractivity contribution is 0.0695. The van der Waals surface area contributed by atoms with E-state index in [9.17, 15) is 4.79 Å². The van der Waals surface area contributed by atoms with Gasteiger partial charge in [0.2, 0.25) is 0 Å². The first-order valence-corrected chi connectivity index (χ1v) is 4.32. The fourth-order valence-corrected chi connectivity index (χ4v) is 1.28. The molecule has 15 heavy (non-hydrogen) atoms. The zero-order valence-corrected chi connectivity index (χ0v) is 7.75. The zero-order valence-electron chi connectivity index (χ0n) is 7.75. The fourth-order valence-electron chi connectivity index (χ4n) is 1.28. The highest BCUT2D eigenvalue weighted by Crippen LogP contribution is 2.12. The minimum atomic E-state index is -1.01. The van der Waals surface area contributed by atoms with Crippen molar-refractivity contribution in [3.8, 4) is 0 Å². The Kier molecular flexibility index (Phi) is 2.45. The van der Waals surface area contributed by atoms with E-state index in [1.165, 1.54) is 12.4 Å². The van der Waals surface area contributed by atoms with Gasteiger partial charge in [0, 0.05) is 6.42 Å². The number of carboxylic acids is 1. The summed E-state index contributed by atoms with van der Waals surface area (Å²) in [5.74, 6) is -0.308. The Labute approximate surface area is 85.4 Å². The molecule has 2 heterocycles. The smallest absolute Gasteiger partial charge is 0.337 e. The van der Waals surface area contributed by atoms with Crippen molar-refractivity contribution in [2.75, 3.05) is 0 Å². The Morgan fingerprint density at radius 3 is 2.87 bits per heavy atom. The van der Waals surface area contributed by atoms with Gasteiger partial charge in [0.1, 0.15) is 5.76 Å². The van der Waals surface area contributed by atoms with Gasteiger partial charge >= 0.3 is 5.97 Å². The van der Waals surface area contributed by atoms with Crippen LogP contribution in [0.15, 0.2) is 35.2 Å². The first-order chi connectivity index (χ1) is 7.27. The maximum absolute atomic E-state index is 10.9. The second-order valence-corrected chi connectivity index (χ2v) is 2.99.